The lowest BCUT2D eigenvalue weighted by Gasteiger charge is -2.37. The first-order valence-corrected chi connectivity index (χ1v) is 7.59. The van der Waals surface area contributed by atoms with Gasteiger partial charge in [-0.05, 0) is 32.1 Å². The summed E-state index contributed by atoms with van der Waals surface area (Å²) in [7, 11) is 0. The van der Waals surface area contributed by atoms with Gasteiger partial charge in [0.05, 0.1) is 5.69 Å². The van der Waals surface area contributed by atoms with Crippen molar-refractivity contribution < 1.29 is 0 Å². The van der Waals surface area contributed by atoms with E-state index in [1.54, 1.807) is 0 Å². The van der Waals surface area contributed by atoms with E-state index in [1.807, 2.05) is 0 Å². The third-order valence-corrected chi connectivity index (χ3v) is 3.90. The van der Waals surface area contributed by atoms with Gasteiger partial charge in [0.25, 0.3) is 0 Å². The summed E-state index contributed by atoms with van der Waals surface area (Å²) in [6, 6.07) is 0.840. The van der Waals surface area contributed by atoms with Crippen molar-refractivity contribution in [1.29, 1.82) is 0 Å². The zero-order valence-electron chi connectivity index (χ0n) is 12.8. The maximum absolute atomic E-state index is 6.06. The van der Waals surface area contributed by atoms with Crippen molar-refractivity contribution in [3.05, 3.63) is 11.9 Å². The Morgan fingerprint density at radius 2 is 2.21 bits per heavy atom. The predicted octanol–water partition coefficient (Wildman–Crippen LogP) is 2.42. The first-order valence-electron chi connectivity index (χ1n) is 7.59. The van der Waals surface area contributed by atoms with E-state index in [1.165, 1.54) is 5.69 Å². The highest BCUT2D eigenvalue weighted by molar-refractivity contribution is 5.36. The number of aromatic nitrogens is 2. The largest absolute Gasteiger partial charge is 0.339 e. The molecular formula is C15H28N4. The molecule has 0 saturated carbocycles. The van der Waals surface area contributed by atoms with Gasteiger partial charge in [0.15, 0.2) is 0 Å². The number of nitrogens with zero attached hydrogens (tertiary/aromatic N) is 3. The average molecular weight is 264 g/mol. The van der Waals surface area contributed by atoms with Crippen LogP contribution in [-0.4, -0.2) is 28.2 Å². The lowest BCUT2D eigenvalue weighted by Crippen LogP contribution is -2.46. The van der Waals surface area contributed by atoms with Gasteiger partial charge < -0.3 is 15.2 Å². The van der Waals surface area contributed by atoms with Crippen LogP contribution >= 0.6 is 0 Å². The van der Waals surface area contributed by atoms with E-state index in [-0.39, 0.29) is 0 Å². The van der Waals surface area contributed by atoms with E-state index in [0.717, 1.165) is 38.3 Å². The van der Waals surface area contributed by atoms with Gasteiger partial charge in [-0.2, -0.15) is 0 Å². The minimum absolute atomic E-state index is 0.352. The Balaban J connectivity index is 2.24. The molecule has 0 amide bonds. The lowest BCUT2D eigenvalue weighted by molar-refractivity contribution is 0.414. The van der Waals surface area contributed by atoms with Gasteiger partial charge in [-0.1, -0.05) is 20.8 Å². The number of anilines is 1. The van der Waals surface area contributed by atoms with E-state index < -0.39 is 0 Å². The number of rotatable bonds is 4. The highest BCUT2D eigenvalue weighted by atomic mass is 15.3. The Morgan fingerprint density at radius 3 is 2.79 bits per heavy atom. The van der Waals surface area contributed by atoms with Gasteiger partial charge in [0.2, 0.25) is 5.95 Å². The van der Waals surface area contributed by atoms with Crippen molar-refractivity contribution in [1.82, 2.24) is 9.55 Å². The summed E-state index contributed by atoms with van der Waals surface area (Å²) in [5.41, 5.74) is 7.25. The molecule has 2 rings (SSSR count). The molecule has 19 heavy (non-hydrogen) atoms. The molecule has 0 radical (unpaired) electrons. The molecule has 1 fully saturated rings. The second-order valence-electron chi connectivity index (χ2n) is 6.26. The number of nitrogens with two attached hydrogens (primary N) is 1. The SMILES string of the molecule is CCc1cn(CC(C)C)c(N2CCC(N)CC2C)n1. The maximum atomic E-state index is 6.06. The molecule has 1 aliphatic heterocycles. The Morgan fingerprint density at radius 1 is 1.47 bits per heavy atom. The molecule has 2 unspecified atom stereocenters. The molecule has 1 aliphatic rings. The third-order valence-electron chi connectivity index (χ3n) is 3.90. The number of imidazole rings is 1. The summed E-state index contributed by atoms with van der Waals surface area (Å²) in [5.74, 6) is 1.78. The van der Waals surface area contributed by atoms with Gasteiger partial charge in [-0.3, -0.25) is 0 Å². The smallest absolute Gasteiger partial charge is 0.205 e. The second kappa shape index (κ2) is 5.95. The Labute approximate surface area is 117 Å². The Hall–Kier alpha value is -1.03. The average Bonchev–Trinajstić information content (AvgIpc) is 2.71. The van der Waals surface area contributed by atoms with Crippen molar-refractivity contribution in [3.8, 4) is 0 Å². The van der Waals surface area contributed by atoms with E-state index in [2.05, 4.69) is 43.4 Å². The van der Waals surface area contributed by atoms with E-state index in [9.17, 15) is 0 Å². The van der Waals surface area contributed by atoms with Crippen molar-refractivity contribution in [2.45, 2.75) is 65.6 Å². The third kappa shape index (κ3) is 3.30. The number of hydrogen-bond donors (Lipinski definition) is 1. The molecule has 4 nitrogen and oxygen atoms in total. The summed E-state index contributed by atoms with van der Waals surface area (Å²) < 4.78 is 2.33. The van der Waals surface area contributed by atoms with Crippen LogP contribution in [0.5, 0.6) is 0 Å². The number of hydrogen-bond acceptors (Lipinski definition) is 3. The van der Waals surface area contributed by atoms with Gasteiger partial charge in [-0.15, -0.1) is 0 Å². The monoisotopic (exact) mass is 264 g/mol. The quantitative estimate of drug-likeness (QED) is 0.908. The molecule has 1 aromatic heterocycles. The lowest BCUT2D eigenvalue weighted by atomic mass is 10.00. The molecule has 108 valence electrons. The second-order valence-corrected chi connectivity index (χ2v) is 6.26. The first-order chi connectivity index (χ1) is 9.01. The normalized spacial score (nSPS) is 24.2. The van der Waals surface area contributed by atoms with E-state index in [4.69, 9.17) is 10.7 Å². The summed E-state index contributed by atoms with van der Waals surface area (Å²) >= 11 is 0. The van der Waals surface area contributed by atoms with Gasteiger partial charge >= 0.3 is 0 Å². The van der Waals surface area contributed by atoms with Gasteiger partial charge in [-0.25, -0.2) is 4.98 Å². The highest BCUT2D eigenvalue weighted by Gasteiger charge is 2.26. The van der Waals surface area contributed by atoms with Crippen LogP contribution in [0.25, 0.3) is 0 Å². The van der Waals surface area contributed by atoms with Crippen molar-refractivity contribution in [3.63, 3.8) is 0 Å². The number of aryl methyl sites for hydroxylation is 1. The van der Waals surface area contributed by atoms with E-state index >= 15 is 0 Å². The molecule has 2 N–H and O–H groups in total. The molecule has 0 aromatic carbocycles. The zero-order valence-corrected chi connectivity index (χ0v) is 12.8. The van der Waals surface area contributed by atoms with Crippen LogP contribution < -0.4 is 10.6 Å². The topological polar surface area (TPSA) is 47.1 Å². The Bertz CT molecular complexity index is 410. The molecule has 2 heterocycles. The standard InChI is InChI=1S/C15H28N4/c1-5-14-10-18(9-11(2)3)15(17-14)19-7-6-13(16)8-12(19)4/h10-13H,5-9,16H2,1-4H3. The molecule has 2 atom stereocenters. The van der Waals surface area contributed by atoms with Crippen LogP contribution in [0.1, 0.15) is 46.2 Å². The fourth-order valence-corrected chi connectivity index (χ4v) is 2.89. The fraction of sp³-hybridized carbons (Fsp3) is 0.800. The molecule has 0 aliphatic carbocycles. The summed E-state index contributed by atoms with van der Waals surface area (Å²) in [6.07, 6.45) is 5.35. The van der Waals surface area contributed by atoms with Crippen LogP contribution in [0, 0.1) is 5.92 Å². The molecule has 0 bridgehead atoms. The van der Waals surface area contributed by atoms with Crippen LogP contribution in [-0.2, 0) is 13.0 Å². The summed E-state index contributed by atoms with van der Waals surface area (Å²) in [5, 5.41) is 0. The first kappa shape index (κ1) is 14.4. The van der Waals surface area contributed by atoms with Crippen LogP contribution in [0.2, 0.25) is 0 Å². The molecule has 0 spiro atoms. The summed E-state index contributed by atoms with van der Waals surface area (Å²) in [4.78, 5) is 7.26. The molecule has 4 heteroatoms. The Kier molecular flexibility index (Phi) is 4.50. The maximum Gasteiger partial charge on any atom is 0.205 e. The van der Waals surface area contributed by atoms with Crippen molar-refractivity contribution >= 4 is 5.95 Å². The fourth-order valence-electron chi connectivity index (χ4n) is 2.89. The predicted molar refractivity (Wildman–Crippen MR) is 80.5 cm³/mol. The van der Waals surface area contributed by atoms with Crippen LogP contribution in [0.3, 0.4) is 0 Å². The van der Waals surface area contributed by atoms with Gasteiger partial charge in [0.1, 0.15) is 0 Å². The molecule has 1 aromatic rings. The minimum Gasteiger partial charge on any atom is -0.339 e. The highest BCUT2D eigenvalue weighted by Crippen LogP contribution is 2.24. The van der Waals surface area contributed by atoms with Crippen LogP contribution in [0.15, 0.2) is 6.20 Å². The van der Waals surface area contributed by atoms with Gasteiger partial charge in [0, 0.05) is 31.4 Å². The minimum atomic E-state index is 0.352. The number of piperidine rings is 1. The van der Waals surface area contributed by atoms with E-state index in [0.29, 0.717) is 18.0 Å². The van der Waals surface area contributed by atoms with Crippen LogP contribution in [0.4, 0.5) is 5.95 Å². The van der Waals surface area contributed by atoms with Crippen molar-refractivity contribution in [2.24, 2.45) is 11.7 Å². The zero-order chi connectivity index (χ0) is 14.0. The van der Waals surface area contributed by atoms with Crippen molar-refractivity contribution in [2.75, 3.05) is 11.4 Å². The molecular weight excluding hydrogens is 236 g/mol. The summed E-state index contributed by atoms with van der Waals surface area (Å²) in [6.45, 7) is 11.0. The molecule has 1 saturated heterocycles.